The number of hydrogen-bond acceptors (Lipinski definition) is 8. The van der Waals surface area contributed by atoms with Gasteiger partial charge < -0.3 is 29.0 Å². The van der Waals surface area contributed by atoms with Crippen molar-refractivity contribution in [3.05, 3.63) is 48.6 Å². The van der Waals surface area contributed by atoms with Crippen molar-refractivity contribution in [2.75, 3.05) is 6.61 Å². The maximum absolute atomic E-state index is 12.1. The molecular weight excluding hydrogens is 394 g/mol. The van der Waals surface area contributed by atoms with Crippen LogP contribution in [0.2, 0.25) is 0 Å². The van der Waals surface area contributed by atoms with E-state index >= 15 is 0 Å². The predicted molar refractivity (Wildman–Crippen MR) is 103 cm³/mol. The van der Waals surface area contributed by atoms with Gasteiger partial charge in [0.15, 0.2) is 12.4 Å². The number of fused-ring (bicyclic) bond motifs is 1. The van der Waals surface area contributed by atoms with E-state index in [4.69, 9.17) is 23.7 Å². The third-order valence-corrected chi connectivity index (χ3v) is 4.74. The summed E-state index contributed by atoms with van der Waals surface area (Å²) >= 11 is 0. The van der Waals surface area contributed by atoms with Gasteiger partial charge in [-0.05, 0) is 0 Å². The van der Waals surface area contributed by atoms with Crippen LogP contribution >= 0.6 is 0 Å². The second-order valence-electron chi connectivity index (χ2n) is 6.89. The highest BCUT2D eigenvalue weighted by atomic mass is 16.8. The molecule has 9 heteroatoms. The molecule has 1 amide bonds. The molecule has 162 valence electrons. The zero-order valence-corrected chi connectivity index (χ0v) is 16.8. The smallest absolute Gasteiger partial charge is 0.332 e. The molecule has 3 rings (SSSR count). The molecule has 1 N–H and O–H groups in total. The SMILES string of the molecule is C=CC(=O)O[C@@H]1O[C@@H]2CO[C@H](c3ccccc3)O[C@H]2[C@H](OC(=O)CC)[C@@H]1NC(C)=O. The molecule has 0 unspecified atom stereocenters. The van der Waals surface area contributed by atoms with Gasteiger partial charge in [0.1, 0.15) is 18.2 Å². The summed E-state index contributed by atoms with van der Waals surface area (Å²) in [4.78, 5) is 35.8. The van der Waals surface area contributed by atoms with Gasteiger partial charge in [0.25, 0.3) is 0 Å². The van der Waals surface area contributed by atoms with Crippen LogP contribution in [0.5, 0.6) is 0 Å². The molecule has 2 saturated heterocycles. The molecule has 9 nitrogen and oxygen atoms in total. The lowest BCUT2D eigenvalue weighted by molar-refractivity contribution is -0.339. The van der Waals surface area contributed by atoms with Crippen molar-refractivity contribution in [3.63, 3.8) is 0 Å². The maximum atomic E-state index is 12.1. The minimum Gasteiger partial charge on any atom is -0.457 e. The molecular formula is C21H25NO8. The van der Waals surface area contributed by atoms with E-state index in [1.165, 1.54) is 6.92 Å². The standard InChI is InChI=1S/C21H25NO8/c1-4-15(24)28-19-17(22-12(3)23)21(29-16(25)5-2)27-14-11-26-20(30-18(14)19)13-9-7-6-8-10-13/h5-10,14,17-21H,2,4,11H2,1,3H3,(H,22,23)/t14-,17+,18-,19-,20+,21+/m1/s1. The van der Waals surface area contributed by atoms with Crippen LogP contribution in [-0.2, 0) is 38.1 Å². The number of carbonyl (C=O) groups excluding carboxylic acids is 3. The number of nitrogens with one attached hydrogen (secondary N) is 1. The van der Waals surface area contributed by atoms with E-state index in [9.17, 15) is 14.4 Å². The van der Waals surface area contributed by atoms with Crippen LogP contribution in [0.3, 0.4) is 0 Å². The Bertz CT molecular complexity index is 782. The van der Waals surface area contributed by atoms with Crippen molar-refractivity contribution in [2.45, 2.75) is 57.2 Å². The number of rotatable bonds is 6. The molecule has 0 aliphatic carbocycles. The highest BCUT2D eigenvalue weighted by Crippen LogP contribution is 2.35. The van der Waals surface area contributed by atoms with Gasteiger partial charge in [0.05, 0.1) is 6.61 Å². The first-order valence-electron chi connectivity index (χ1n) is 9.70. The molecule has 0 aromatic heterocycles. The van der Waals surface area contributed by atoms with E-state index in [2.05, 4.69) is 11.9 Å². The third kappa shape index (κ3) is 5.05. The summed E-state index contributed by atoms with van der Waals surface area (Å²) in [5.74, 6) is -1.64. The van der Waals surface area contributed by atoms with E-state index in [1.54, 1.807) is 6.92 Å². The van der Waals surface area contributed by atoms with Crippen LogP contribution in [0.1, 0.15) is 32.1 Å². The number of ether oxygens (including phenoxy) is 5. The lowest BCUT2D eigenvalue weighted by Crippen LogP contribution is -2.67. The zero-order valence-electron chi connectivity index (χ0n) is 16.8. The molecule has 2 aliphatic rings. The monoisotopic (exact) mass is 419 g/mol. The Morgan fingerprint density at radius 1 is 1.20 bits per heavy atom. The number of hydrogen-bond donors (Lipinski definition) is 1. The average Bonchev–Trinajstić information content (AvgIpc) is 2.75. The summed E-state index contributed by atoms with van der Waals surface area (Å²) < 4.78 is 28.6. The topological polar surface area (TPSA) is 109 Å². The van der Waals surface area contributed by atoms with Gasteiger partial charge in [-0.15, -0.1) is 0 Å². The molecule has 0 radical (unpaired) electrons. The first kappa shape index (κ1) is 21.9. The Balaban J connectivity index is 1.90. The van der Waals surface area contributed by atoms with E-state index < -0.39 is 54.8 Å². The molecule has 30 heavy (non-hydrogen) atoms. The van der Waals surface area contributed by atoms with Crippen molar-refractivity contribution in [2.24, 2.45) is 0 Å². The van der Waals surface area contributed by atoms with Crippen molar-refractivity contribution >= 4 is 17.8 Å². The maximum Gasteiger partial charge on any atom is 0.332 e. The number of amides is 1. The van der Waals surface area contributed by atoms with E-state index in [1.807, 2.05) is 30.3 Å². The molecule has 1 aromatic carbocycles. The van der Waals surface area contributed by atoms with Crippen molar-refractivity contribution < 1.29 is 38.1 Å². The summed E-state index contributed by atoms with van der Waals surface area (Å²) in [5, 5.41) is 2.65. The number of esters is 2. The lowest BCUT2D eigenvalue weighted by atomic mass is 9.95. The molecule has 1 aromatic rings. The molecule has 2 aliphatic heterocycles. The largest absolute Gasteiger partial charge is 0.457 e. The molecule has 2 heterocycles. The highest BCUT2D eigenvalue weighted by molar-refractivity contribution is 5.81. The average molecular weight is 419 g/mol. The van der Waals surface area contributed by atoms with Crippen LogP contribution in [0.25, 0.3) is 0 Å². The normalized spacial score (nSPS) is 30.5. The number of carbonyl (C=O) groups is 3. The fraction of sp³-hybridized carbons (Fsp3) is 0.476. The van der Waals surface area contributed by atoms with Crippen molar-refractivity contribution in [3.8, 4) is 0 Å². The van der Waals surface area contributed by atoms with E-state index in [-0.39, 0.29) is 13.0 Å². The van der Waals surface area contributed by atoms with Gasteiger partial charge in [-0.25, -0.2) is 4.79 Å². The minimum absolute atomic E-state index is 0.110. The summed E-state index contributed by atoms with van der Waals surface area (Å²) in [6.45, 7) is 6.43. The van der Waals surface area contributed by atoms with Crippen molar-refractivity contribution in [1.82, 2.24) is 5.32 Å². The van der Waals surface area contributed by atoms with Gasteiger partial charge in [-0.1, -0.05) is 43.8 Å². The first-order chi connectivity index (χ1) is 14.4. The molecule has 0 spiro atoms. The summed E-state index contributed by atoms with van der Waals surface area (Å²) in [6.07, 6.45) is -3.22. The van der Waals surface area contributed by atoms with E-state index in [0.29, 0.717) is 0 Å². The van der Waals surface area contributed by atoms with Crippen LogP contribution in [0.15, 0.2) is 43.0 Å². The summed E-state index contributed by atoms with van der Waals surface area (Å²) in [7, 11) is 0. The molecule has 6 atom stereocenters. The van der Waals surface area contributed by atoms with Gasteiger partial charge >= 0.3 is 11.9 Å². The Hall–Kier alpha value is -2.75. The van der Waals surface area contributed by atoms with Crippen LogP contribution in [-0.4, -0.2) is 55.1 Å². The predicted octanol–water partition coefficient (Wildman–Crippen LogP) is 1.38. The molecule has 0 bridgehead atoms. The molecule has 2 fully saturated rings. The van der Waals surface area contributed by atoms with Gasteiger partial charge in [-0.2, -0.15) is 0 Å². The van der Waals surface area contributed by atoms with Crippen LogP contribution in [0.4, 0.5) is 0 Å². The summed E-state index contributed by atoms with van der Waals surface area (Å²) in [5.41, 5.74) is 0.785. The van der Waals surface area contributed by atoms with Crippen LogP contribution < -0.4 is 5.32 Å². The fourth-order valence-electron chi connectivity index (χ4n) is 3.38. The highest BCUT2D eigenvalue weighted by Gasteiger charge is 2.53. The van der Waals surface area contributed by atoms with Gasteiger partial charge in [-0.3, -0.25) is 9.59 Å². The van der Waals surface area contributed by atoms with Crippen LogP contribution in [0, 0.1) is 0 Å². The molecule has 0 saturated carbocycles. The van der Waals surface area contributed by atoms with Gasteiger partial charge in [0, 0.05) is 25.0 Å². The third-order valence-electron chi connectivity index (χ3n) is 4.74. The van der Waals surface area contributed by atoms with Gasteiger partial charge in [0.2, 0.25) is 12.2 Å². The zero-order chi connectivity index (χ0) is 21.7. The second-order valence-corrected chi connectivity index (χ2v) is 6.89. The quantitative estimate of drug-likeness (QED) is 0.544. The Kier molecular flexibility index (Phi) is 7.20. The fourth-order valence-corrected chi connectivity index (χ4v) is 3.38. The Labute approximate surface area is 174 Å². The van der Waals surface area contributed by atoms with E-state index in [0.717, 1.165) is 11.6 Å². The Morgan fingerprint density at radius 2 is 1.93 bits per heavy atom. The lowest BCUT2D eigenvalue weighted by Gasteiger charge is -2.48. The Morgan fingerprint density at radius 3 is 2.57 bits per heavy atom. The van der Waals surface area contributed by atoms with Crippen molar-refractivity contribution in [1.29, 1.82) is 0 Å². The number of benzene rings is 1. The minimum atomic E-state index is -1.21. The first-order valence-corrected chi connectivity index (χ1v) is 9.70. The second kappa shape index (κ2) is 9.84. The summed E-state index contributed by atoms with van der Waals surface area (Å²) in [6, 6.07) is 8.30.